The highest BCUT2D eigenvalue weighted by molar-refractivity contribution is 6.24. The van der Waals surface area contributed by atoms with E-state index in [1.165, 1.54) is 0 Å². The van der Waals surface area contributed by atoms with Crippen molar-refractivity contribution < 1.29 is 0 Å². The van der Waals surface area contributed by atoms with Crippen LogP contribution in [0.25, 0.3) is 0 Å². The van der Waals surface area contributed by atoms with Gasteiger partial charge in [-0.2, -0.15) is 0 Å². The lowest BCUT2D eigenvalue weighted by molar-refractivity contribution is 0.791. The van der Waals surface area contributed by atoms with Gasteiger partial charge in [0.15, 0.2) is 0 Å². The number of hydrogen-bond acceptors (Lipinski definition) is 0. The van der Waals surface area contributed by atoms with Gasteiger partial charge in [0, 0.05) is 0 Å². The van der Waals surface area contributed by atoms with Crippen LogP contribution in [0.1, 0.15) is 13.8 Å². The SMILES string of the molecule is [B]/C(=C/C=C)C(=C)C(C)C. The van der Waals surface area contributed by atoms with Gasteiger partial charge in [0.25, 0.3) is 0 Å². The first-order chi connectivity index (χ1) is 4.59. The molecule has 2 radical (unpaired) electrons. The van der Waals surface area contributed by atoms with Gasteiger partial charge in [-0.1, -0.05) is 50.2 Å². The fourth-order valence-electron chi connectivity index (χ4n) is 0.567. The smallest absolute Gasteiger partial charge is 0.0991 e. The van der Waals surface area contributed by atoms with E-state index in [0.29, 0.717) is 5.92 Å². The number of hydrogen-bond donors (Lipinski definition) is 0. The average molecular weight is 132 g/mol. The molecule has 52 valence electrons. The zero-order valence-electron chi connectivity index (χ0n) is 6.72. The Morgan fingerprint density at radius 3 is 2.30 bits per heavy atom. The van der Waals surface area contributed by atoms with E-state index in [1.54, 1.807) is 12.2 Å². The van der Waals surface area contributed by atoms with Gasteiger partial charge in [-0.3, -0.25) is 0 Å². The van der Waals surface area contributed by atoms with E-state index in [2.05, 4.69) is 27.0 Å². The third-order valence-corrected chi connectivity index (χ3v) is 1.37. The molecular weight excluding hydrogens is 119 g/mol. The Bertz CT molecular complexity index is 164. The van der Waals surface area contributed by atoms with Crippen molar-refractivity contribution in [1.29, 1.82) is 0 Å². The summed E-state index contributed by atoms with van der Waals surface area (Å²) < 4.78 is 0. The lowest BCUT2D eigenvalue weighted by Gasteiger charge is -2.08. The molecule has 0 unspecified atom stereocenters. The van der Waals surface area contributed by atoms with Crippen molar-refractivity contribution in [1.82, 2.24) is 0 Å². The molecule has 0 aromatic rings. The quantitative estimate of drug-likeness (QED) is 0.408. The van der Waals surface area contributed by atoms with Crippen molar-refractivity contribution in [3.63, 3.8) is 0 Å². The van der Waals surface area contributed by atoms with Crippen LogP contribution in [-0.4, -0.2) is 7.85 Å². The lowest BCUT2D eigenvalue weighted by Crippen LogP contribution is -1.95. The van der Waals surface area contributed by atoms with Crippen molar-refractivity contribution in [2.75, 3.05) is 0 Å². The molecule has 0 saturated heterocycles. The summed E-state index contributed by atoms with van der Waals surface area (Å²) in [6, 6.07) is 0. The molecule has 0 heterocycles. The number of rotatable bonds is 3. The monoisotopic (exact) mass is 132 g/mol. The van der Waals surface area contributed by atoms with E-state index in [0.717, 1.165) is 11.0 Å². The summed E-state index contributed by atoms with van der Waals surface area (Å²) in [5.41, 5.74) is 1.70. The highest BCUT2D eigenvalue weighted by Gasteiger charge is 1.99. The summed E-state index contributed by atoms with van der Waals surface area (Å²) in [5, 5.41) is 0. The fourth-order valence-corrected chi connectivity index (χ4v) is 0.567. The highest BCUT2D eigenvalue weighted by Crippen LogP contribution is 2.13. The van der Waals surface area contributed by atoms with Gasteiger partial charge in [-0.15, -0.1) is 0 Å². The molecule has 0 bridgehead atoms. The Hall–Kier alpha value is -0.715. The molecule has 0 aromatic heterocycles. The zero-order chi connectivity index (χ0) is 8.15. The van der Waals surface area contributed by atoms with Gasteiger partial charge < -0.3 is 0 Å². The van der Waals surface area contributed by atoms with Gasteiger partial charge in [0.05, 0.1) is 0 Å². The largest absolute Gasteiger partial charge is 0.114 e. The third kappa shape index (κ3) is 2.72. The van der Waals surface area contributed by atoms with Crippen LogP contribution in [0.3, 0.4) is 0 Å². The molecule has 1 heteroatoms. The molecule has 0 spiro atoms. The normalized spacial score (nSPS) is 11.7. The van der Waals surface area contributed by atoms with Crippen LogP contribution in [0.4, 0.5) is 0 Å². The third-order valence-electron chi connectivity index (χ3n) is 1.37. The topological polar surface area (TPSA) is 0 Å². The van der Waals surface area contributed by atoms with Crippen LogP contribution in [0.5, 0.6) is 0 Å². The Labute approximate surface area is 64.7 Å². The van der Waals surface area contributed by atoms with Crippen LogP contribution in [0, 0.1) is 5.92 Å². The second kappa shape index (κ2) is 4.16. The van der Waals surface area contributed by atoms with Crippen molar-refractivity contribution in [3.8, 4) is 0 Å². The van der Waals surface area contributed by atoms with Crippen molar-refractivity contribution >= 4 is 7.85 Å². The minimum atomic E-state index is 0.413. The molecule has 0 N–H and O–H groups in total. The van der Waals surface area contributed by atoms with Gasteiger partial charge in [-0.05, 0) is 5.92 Å². The summed E-state index contributed by atoms with van der Waals surface area (Å²) in [7, 11) is 5.62. The maximum Gasteiger partial charge on any atom is 0.114 e. The van der Waals surface area contributed by atoms with Crippen molar-refractivity contribution in [2.24, 2.45) is 5.92 Å². The van der Waals surface area contributed by atoms with Crippen LogP contribution < -0.4 is 0 Å². The Kier molecular flexibility index (Phi) is 3.86. The first-order valence-corrected chi connectivity index (χ1v) is 3.37. The van der Waals surface area contributed by atoms with E-state index in [-0.39, 0.29) is 0 Å². The van der Waals surface area contributed by atoms with Gasteiger partial charge in [-0.25, -0.2) is 0 Å². The molecule has 0 saturated carbocycles. The minimum Gasteiger partial charge on any atom is -0.0991 e. The molecule has 0 amide bonds. The predicted octanol–water partition coefficient (Wildman–Crippen LogP) is 2.44. The molecule has 0 aliphatic heterocycles. The maximum atomic E-state index is 5.62. The molecular formula is C9H13B. The molecule has 0 nitrogen and oxygen atoms in total. The molecule has 0 aromatic carbocycles. The molecule has 0 rings (SSSR count). The summed E-state index contributed by atoms with van der Waals surface area (Å²) in [6.07, 6.45) is 3.44. The molecule has 0 aliphatic rings. The summed E-state index contributed by atoms with van der Waals surface area (Å²) in [4.78, 5) is 0. The standard InChI is InChI=1S/C9H13B/c1-5-6-9(10)8(4)7(2)3/h5-7H,1,4H2,2-3H3/b9-6+. The van der Waals surface area contributed by atoms with E-state index in [9.17, 15) is 0 Å². The highest BCUT2D eigenvalue weighted by atomic mass is 14.0. The van der Waals surface area contributed by atoms with Crippen LogP contribution >= 0.6 is 0 Å². The summed E-state index contributed by atoms with van der Waals surface area (Å²) in [6.45, 7) is 11.5. The Morgan fingerprint density at radius 1 is 1.50 bits per heavy atom. The second-order valence-electron chi connectivity index (χ2n) is 2.54. The second-order valence-corrected chi connectivity index (χ2v) is 2.54. The fraction of sp³-hybridized carbons (Fsp3) is 0.333. The Balaban J connectivity index is 4.21. The number of allylic oxidation sites excluding steroid dienone is 4. The predicted molar refractivity (Wildman–Crippen MR) is 48.0 cm³/mol. The van der Waals surface area contributed by atoms with Gasteiger partial charge >= 0.3 is 0 Å². The van der Waals surface area contributed by atoms with Crippen LogP contribution in [-0.2, 0) is 0 Å². The van der Waals surface area contributed by atoms with E-state index < -0.39 is 0 Å². The molecule has 0 aliphatic carbocycles. The van der Waals surface area contributed by atoms with E-state index in [4.69, 9.17) is 7.85 Å². The Morgan fingerprint density at radius 2 is 2.00 bits per heavy atom. The van der Waals surface area contributed by atoms with Crippen LogP contribution in [0.15, 0.2) is 36.4 Å². The minimum absolute atomic E-state index is 0.413. The van der Waals surface area contributed by atoms with Crippen molar-refractivity contribution in [2.45, 2.75) is 13.8 Å². The first-order valence-electron chi connectivity index (χ1n) is 3.37. The van der Waals surface area contributed by atoms with E-state index in [1.807, 2.05) is 0 Å². The van der Waals surface area contributed by atoms with Crippen molar-refractivity contribution in [3.05, 3.63) is 36.4 Å². The summed E-state index contributed by atoms with van der Waals surface area (Å²) in [5.74, 6) is 0.413. The maximum absolute atomic E-state index is 5.62. The zero-order valence-corrected chi connectivity index (χ0v) is 6.72. The van der Waals surface area contributed by atoms with E-state index >= 15 is 0 Å². The average Bonchev–Trinajstić information content (AvgIpc) is 1.87. The lowest BCUT2D eigenvalue weighted by atomic mass is 9.83. The van der Waals surface area contributed by atoms with Crippen LogP contribution in [0.2, 0.25) is 0 Å². The molecule has 0 fully saturated rings. The first kappa shape index (κ1) is 9.28. The van der Waals surface area contributed by atoms with Gasteiger partial charge in [0.2, 0.25) is 0 Å². The van der Waals surface area contributed by atoms with Gasteiger partial charge in [0.1, 0.15) is 7.85 Å². The molecule has 0 atom stereocenters. The summed E-state index contributed by atoms with van der Waals surface area (Å²) >= 11 is 0. The molecule has 10 heavy (non-hydrogen) atoms.